The van der Waals surface area contributed by atoms with Crippen LogP contribution >= 0.6 is 0 Å². The topological polar surface area (TPSA) is 59.8 Å². The Morgan fingerprint density at radius 3 is 2.51 bits per heavy atom. The van der Waals surface area contributed by atoms with Crippen LogP contribution in [0, 0.1) is 0 Å². The molecule has 0 aliphatic carbocycles. The zero-order chi connectivity index (χ0) is 24.5. The van der Waals surface area contributed by atoms with E-state index < -0.39 is 0 Å². The summed E-state index contributed by atoms with van der Waals surface area (Å²) in [6.45, 7) is 7.19. The number of ether oxygens (including phenoxy) is 2. The van der Waals surface area contributed by atoms with Gasteiger partial charge in [-0.1, -0.05) is 63.1 Å². The summed E-state index contributed by atoms with van der Waals surface area (Å²) in [5.74, 6) is 1.52. The fourth-order valence-electron chi connectivity index (χ4n) is 4.70. The maximum absolute atomic E-state index is 10.8. The molecule has 4 rings (SSSR count). The van der Waals surface area contributed by atoms with Crippen molar-refractivity contribution in [1.29, 1.82) is 0 Å². The van der Waals surface area contributed by atoms with E-state index >= 15 is 0 Å². The minimum Gasteiger partial charge on any atom is -0.439 e. The Labute approximate surface area is 209 Å². The third-order valence-corrected chi connectivity index (χ3v) is 6.54. The quantitative estimate of drug-likeness (QED) is 0.339. The molecule has 1 fully saturated rings. The van der Waals surface area contributed by atoms with Crippen molar-refractivity contribution in [1.82, 2.24) is 14.7 Å². The Morgan fingerprint density at radius 2 is 1.86 bits per heavy atom. The summed E-state index contributed by atoms with van der Waals surface area (Å²) < 4.78 is 14.4. The number of aliphatic hydroxyl groups is 1. The standard InChI is InChI=1S/C29H39N3O3/c1-3-5-15-24(33)20-31(21-26-18-12-19-34-26)22-27-28(4-2)30-32(23-13-8-6-9-14-23)29(27)35-25-16-10-7-11-17-25/h6-11,13-14,16-17,24,26,33H,3-5,12,15,18-22H2,1-2H3. The first-order chi connectivity index (χ1) is 17.2. The summed E-state index contributed by atoms with van der Waals surface area (Å²) in [5, 5.41) is 15.8. The highest BCUT2D eigenvalue weighted by molar-refractivity contribution is 5.43. The van der Waals surface area contributed by atoms with E-state index in [9.17, 15) is 5.11 Å². The summed E-state index contributed by atoms with van der Waals surface area (Å²) >= 11 is 0. The summed E-state index contributed by atoms with van der Waals surface area (Å²) in [6.07, 6.45) is 5.75. The molecule has 6 heteroatoms. The third kappa shape index (κ3) is 6.94. The number of hydrogen-bond donors (Lipinski definition) is 1. The molecule has 35 heavy (non-hydrogen) atoms. The molecule has 2 atom stereocenters. The number of rotatable bonds is 13. The predicted molar refractivity (Wildman–Crippen MR) is 139 cm³/mol. The van der Waals surface area contributed by atoms with Gasteiger partial charge in [-0.25, -0.2) is 4.68 Å². The van der Waals surface area contributed by atoms with Gasteiger partial charge in [0.05, 0.1) is 29.2 Å². The largest absolute Gasteiger partial charge is 0.439 e. The van der Waals surface area contributed by atoms with Crippen LogP contribution in [0.3, 0.4) is 0 Å². The summed E-state index contributed by atoms with van der Waals surface area (Å²) in [5.41, 5.74) is 3.05. The van der Waals surface area contributed by atoms with E-state index in [1.165, 1.54) is 0 Å². The van der Waals surface area contributed by atoms with Gasteiger partial charge in [-0.15, -0.1) is 0 Å². The molecular weight excluding hydrogens is 438 g/mol. The van der Waals surface area contributed by atoms with Crippen LogP contribution in [-0.2, 0) is 17.7 Å². The van der Waals surface area contributed by atoms with Gasteiger partial charge in [-0.05, 0) is 49.9 Å². The van der Waals surface area contributed by atoms with Crippen LogP contribution in [0.15, 0.2) is 60.7 Å². The maximum Gasteiger partial charge on any atom is 0.227 e. The second-order valence-corrected chi connectivity index (χ2v) is 9.37. The smallest absolute Gasteiger partial charge is 0.227 e. The van der Waals surface area contributed by atoms with E-state index in [1.807, 2.05) is 65.3 Å². The van der Waals surface area contributed by atoms with Crippen LogP contribution in [0.25, 0.3) is 5.69 Å². The van der Waals surface area contributed by atoms with E-state index in [0.717, 1.165) is 80.3 Å². The van der Waals surface area contributed by atoms with Gasteiger partial charge in [0.15, 0.2) is 0 Å². The Kier molecular flexibility index (Phi) is 9.35. The molecule has 2 unspecified atom stereocenters. The molecule has 0 amide bonds. The second-order valence-electron chi connectivity index (χ2n) is 9.37. The number of aliphatic hydroxyl groups excluding tert-OH is 1. The maximum atomic E-state index is 10.8. The Hall–Kier alpha value is -2.67. The minimum absolute atomic E-state index is 0.209. The summed E-state index contributed by atoms with van der Waals surface area (Å²) in [7, 11) is 0. The molecule has 1 aliphatic heterocycles. The van der Waals surface area contributed by atoms with Gasteiger partial charge in [0.25, 0.3) is 0 Å². The summed E-state index contributed by atoms with van der Waals surface area (Å²) in [4.78, 5) is 2.33. The van der Waals surface area contributed by atoms with Crippen LogP contribution in [-0.4, -0.2) is 51.7 Å². The lowest BCUT2D eigenvalue weighted by atomic mass is 10.1. The number of nitrogens with zero attached hydrogens (tertiary/aromatic N) is 3. The number of unbranched alkanes of at least 4 members (excludes halogenated alkanes) is 1. The zero-order valence-corrected chi connectivity index (χ0v) is 21.1. The molecule has 0 saturated carbocycles. The zero-order valence-electron chi connectivity index (χ0n) is 21.1. The van der Waals surface area contributed by atoms with E-state index in [-0.39, 0.29) is 12.2 Å². The molecule has 2 aromatic carbocycles. The normalized spacial score (nSPS) is 16.6. The SMILES string of the molecule is CCCCC(O)CN(Cc1c(CC)nn(-c2ccccc2)c1Oc1ccccc1)CC1CCCO1. The first kappa shape index (κ1) is 25.4. The van der Waals surface area contributed by atoms with Gasteiger partial charge < -0.3 is 14.6 Å². The van der Waals surface area contributed by atoms with Gasteiger partial charge in [0.1, 0.15) is 5.75 Å². The van der Waals surface area contributed by atoms with Crippen molar-refractivity contribution in [3.63, 3.8) is 0 Å². The van der Waals surface area contributed by atoms with Crippen LogP contribution in [0.4, 0.5) is 0 Å². The molecule has 0 spiro atoms. The molecule has 6 nitrogen and oxygen atoms in total. The molecule has 2 heterocycles. The molecular formula is C29H39N3O3. The lowest BCUT2D eigenvalue weighted by Crippen LogP contribution is -2.37. The molecule has 1 saturated heterocycles. The second kappa shape index (κ2) is 12.9. The van der Waals surface area contributed by atoms with Crippen molar-refractivity contribution in [3.8, 4) is 17.3 Å². The molecule has 0 radical (unpaired) electrons. The van der Waals surface area contributed by atoms with Gasteiger partial charge in [0.2, 0.25) is 5.88 Å². The third-order valence-electron chi connectivity index (χ3n) is 6.54. The van der Waals surface area contributed by atoms with Crippen LogP contribution in [0.2, 0.25) is 0 Å². The number of aryl methyl sites for hydroxylation is 1. The van der Waals surface area contributed by atoms with Crippen molar-refractivity contribution in [2.75, 3.05) is 19.7 Å². The van der Waals surface area contributed by atoms with Crippen molar-refractivity contribution in [2.24, 2.45) is 0 Å². The highest BCUT2D eigenvalue weighted by Gasteiger charge is 2.26. The van der Waals surface area contributed by atoms with Gasteiger partial charge in [-0.2, -0.15) is 5.10 Å². The van der Waals surface area contributed by atoms with Gasteiger partial charge in [-0.3, -0.25) is 4.90 Å². The number of aromatic nitrogens is 2. The average Bonchev–Trinajstić information content (AvgIpc) is 3.52. The van der Waals surface area contributed by atoms with Crippen molar-refractivity contribution in [2.45, 2.75) is 71.1 Å². The fourth-order valence-corrected chi connectivity index (χ4v) is 4.70. The molecule has 1 N–H and O–H groups in total. The fraction of sp³-hybridized carbons (Fsp3) is 0.483. The average molecular weight is 478 g/mol. The highest BCUT2D eigenvalue weighted by Crippen LogP contribution is 2.32. The van der Waals surface area contributed by atoms with Crippen LogP contribution in [0.1, 0.15) is 57.2 Å². The summed E-state index contributed by atoms with van der Waals surface area (Å²) in [6, 6.07) is 20.0. The van der Waals surface area contributed by atoms with E-state index in [4.69, 9.17) is 14.6 Å². The van der Waals surface area contributed by atoms with Crippen LogP contribution in [0.5, 0.6) is 11.6 Å². The van der Waals surface area contributed by atoms with Crippen molar-refractivity contribution < 1.29 is 14.6 Å². The lowest BCUT2D eigenvalue weighted by molar-refractivity contribution is 0.0433. The first-order valence-corrected chi connectivity index (χ1v) is 13.1. The number of benzene rings is 2. The Balaban J connectivity index is 1.68. The molecule has 3 aromatic rings. The molecule has 0 bridgehead atoms. The number of hydrogen-bond acceptors (Lipinski definition) is 5. The van der Waals surface area contributed by atoms with E-state index in [2.05, 4.69) is 18.7 Å². The van der Waals surface area contributed by atoms with Crippen LogP contribution < -0.4 is 4.74 Å². The predicted octanol–water partition coefficient (Wildman–Crippen LogP) is 5.76. The van der Waals surface area contributed by atoms with Crippen molar-refractivity contribution in [3.05, 3.63) is 71.9 Å². The molecule has 188 valence electrons. The molecule has 1 aliphatic rings. The monoisotopic (exact) mass is 477 g/mol. The van der Waals surface area contributed by atoms with Gasteiger partial charge >= 0.3 is 0 Å². The highest BCUT2D eigenvalue weighted by atomic mass is 16.5. The first-order valence-electron chi connectivity index (χ1n) is 13.1. The Morgan fingerprint density at radius 1 is 1.11 bits per heavy atom. The van der Waals surface area contributed by atoms with E-state index in [1.54, 1.807) is 0 Å². The lowest BCUT2D eigenvalue weighted by Gasteiger charge is -2.28. The van der Waals surface area contributed by atoms with Gasteiger partial charge in [0, 0.05) is 26.2 Å². The minimum atomic E-state index is -0.357. The van der Waals surface area contributed by atoms with Crippen molar-refractivity contribution >= 4 is 0 Å². The number of para-hydroxylation sites is 2. The van der Waals surface area contributed by atoms with E-state index in [0.29, 0.717) is 13.1 Å². The Bertz CT molecular complexity index is 1020. The molecule has 1 aromatic heterocycles.